The number of H-pyrrole nitrogens is 1. The number of carbonyl (C=O) groups is 2. The first-order chi connectivity index (χ1) is 14.8. The molecular formula is C23H26N5O3+. The van der Waals surface area contributed by atoms with Gasteiger partial charge in [0.05, 0.1) is 28.8 Å². The quantitative estimate of drug-likeness (QED) is 0.575. The molecule has 0 fully saturated rings. The molecule has 0 radical (unpaired) electrons. The smallest absolute Gasteiger partial charge is 0.283 e. The molecule has 2 aromatic carbocycles. The Morgan fingerprint density at radius 1 is 1.10 bits per heavy atom. The molecule has 160 valence electrons. The van der Waals surface area contributed by atoms with E-state index in [4.69, 9.17) is 0 Å². The molecule has 3 aromatic rings. The molecule has 31 heavy (non-hydrogen) atoms. The monoisotopic (exact) mass is 420 g/mol. The lowest BCUT2D eigenvalue weighted by atomic mass is 9.96. The molecule has 0 saturated carbocycles. The summed E-state index contributed by atoms with van der Waals surface area (Å²) in [5.74, 6) is 0.148. The summed E-state index contributed by atoms with van der Waals surface area (Å²) in [7, 11) is 0. The van der Waals surface area contributed by atoms with Crippen molar-refractivity contribution in [1.82, 2.24) is 9.97 Å². The zero-order chi connectivity index (χ0) is 22.2. The standard InChI is InChI=1S/C23H25N5O3/c1-4-27(13-19-24-16-10-6-5-9-15(16)21(30)26-19)14-20(29)28-18-12-8-7-11-17(18)25-22(31)23(28,2)3/h5-12H,4,13-14H2,1-3H3,(H,25,31)(H,24,26,30)/p+1. The van der Waals surface area contributed by atoms with E-state index < -0.39 is 5.54 Å². The molecule has 2 heterocycles. The molecule has 1 aliphatic heterocycles. The van der Waals surface area contributed by atoms with E-state index in [1.807, 2.05) is 31.2 Å². The third-order valence-electron chi connectivity index (χ3n) is 5.74. The predicted octanol–water partition coefficient (Wildman–Crippen LogP) is 1.09. The lowest BCUT2D eigenvalue weighted by molar-refractivity contribution is -0.904. The zero-order valence-electron chi connectivity index (χ0n) is 17.9. The fourth-order valence-electron chi connectivity index (χ4n) is 3.96. The van der Waals surface area contributed by atoms with Gasteiger partial charge in [-0.15, -0.1) is 0 Å². The summed E-state index contributed by atoms with van der Waals surface area (Å²) < 4.78 is 0. The molecule has 0 spiro atoms. The van der Waals surface area contributed by atoms with Crippen LogP contribution in [0.4, 0.5) is 11.4 Å². The number of aromatic amines is 1. The van der Waals surface area contributed by atoms with Crippen LogP contribution in [0.3, 0.4) is 0 Å². The second-order valence-corrected chi connectivity index (χ2v) is 8.25. The lowest BCUT2D eigenvalue weighted by Gasteiger charge is -2.42. The van der Waals surface area contributed by atoms with Crippen LogP contribution in [0, 0.1) is 0 Å². The molecule has 1 aliphatic rings. The van der Waals surface area contributed by atoms with Crippen LogP contribution in [0.5, 0.6) is 0 Å². The normalized spacial score (nSPS) is 16.0. The molecule has 3 N–H and O–H groups in total. The third-order valence-corrected chi connectivity index (χ3v) is 5.74. The van der Waals surface area contributed by atoms with Crippen LogP contribution in [-0.2, 0) is 16.1 Å². The highest BCUT2D eigenvalue weighted by Gasteiger charge is 2.44. The fraction of sp³-hybridized carbons (Fsp3) is 0.304. The maximum atomic E-state index is 13.4. The summed E-state index contributed by atoms with van der Waals surface area (Å²) in [6, 6.07) is 14.5. The minimum absolute atomic E-state index is 0.160. The number of anilines is 2. The van der Waals surface area contributed by atoms with E-state index >= 15 is 0 Å². The van der Waals surface area contributed by atoms with E-state index in [1.54, 1.807) is 43.0 Å². The summed E-state index contributed by atoms with van der Waals surface area (Å²) >= 11 is 0. The Morgan fingerprint density at radius 2 is 1.81 bits per heavy atom. The van der Waals surface area contributed by atoms with Crippen LogP contribution in [0.2, 0.25) is 0 Å². The van der Waals surface area contributed by atoms with Gasteiger partial charge in [0.1, 0.15) is 12.1 Å². The van der Waals surface area contributed by atoms with Crippen molar-refractivity contribution in [2.45, 2.75) is 32.9 Å². The lowest BCUT2D eigenvalue weighted by Crippen LogP contribution is -3.11. The molecule has 8 heteroatoms. The summed E-state index contributed by atoms with van der Waals surface area (Å²) in [6.07, 6.45) is 0. The van der Waals surface area contributed by atoms with Crippen molar-refractivity contribution >= 4 is 34.1 Å². The maximum Gasteiger partial charge on any atom is 0.283 e. The zero-order valence-corrected chi connectivity index (χ0v) is 17.9. The van der Waals surface area contributed by atoms with Crippen molar-refractivity contribution in [2.75, 3.05) is 23.3 Å². The second-order valence-electron chi connectivity index (χ2n) is 8.25. The third kappa shape index (κ3) is 3.82. The van der Waals surface area contributed by atoms with E-state index in [2.05, 4.69) is 15.3 Å². The highest BCUT2D eigenvalue weighted by Crippen LogP contribution is 2.36. The van der Waals surface area contributed by atoms with Gasteiger partial charge < -0.3 is 15.2 Å². The van der Waals surface area contributed by atoms with Crippen molar-refractivity contribution in [3.8, 4) is 0 Å². The van der Waals surface area contributed by atoms with E-state index in [9.17, 15) is 14.4 Å². The average Bonchev–Trinajstić information content (AvgIpc) is 2.74. The molecule has 4 rings (SSSR count). The van der Waals surface area contributed by atoms with Gasteiger partial charge in [-0.3, -0.25) is 19.3 Å². The van der Waals surface area contributed by atoms with Gasteiger partial charge in [-0.1, -0.05) is 24.3 Å². The number of para-hydroxylation sites is 3. The van der Waals surface area contributed by atoms with Crippen LogP contribution in [-0.4, -0.2) is 40.4 Å². The SMILES string of the molecule is CC[NH+](CC(=O)N1c2ccccc2NC(=O)C1(C)C)Cc1nc2ccccc2c(=O)[nH]1. The van der Waals surface area contributed by atoms with Crippen LogP contribution in [0.1, 0.15) is 26.6 Å². The number of fused-ring (bicyclic) bond motifs is 2. The van der Waals surface area contributed by atoms with Gasteiger partial charge in [-0.05, 0) is 45.0 Å². The van der Waals surface area contributed by atoms with Crippen molar-refractivity contribution in [3.63, 3.8) is 0 Å². The maximum absolute atomic E-state index is 13.4. The van der Waals surface area contributed by atoms with Crippen molar-refractivity contribution < 1.29 is 14.5 Å². The average molecular weight is 420 g/mol. The number of carbonyl (C=O) groups excluding carboxylic acids is 2. The number of hydrogen-bond donors (Lipinski definition) is 3. The number of likely N-dealkylation sites (N-methyl/N-ethyl adjacent to an activating group) is 1. The minimum atomic E-state index is -1.01. The number of nitrogens with one attached hydrogen (secondary N) is 3. The summed E-state index contributed by atoms with van der Waals surface area (Å²) in [6.45, 7) is 6.67. The Labute approximate surface area is 179 Å². The van der Waals surface area contributed by atoms with Crippen LogP contribution < -0.4 is 20.7 Å². The Hall–Kier alpha value is -3.52. The molecule has 1 atom stereocenters. The predicted molar refractivity (Wildman–Crippen MR) is 119 cm³/mol. The Kier molecular flexibility index (Phi) is 5.32. The summed E-state index contributed by atoms with van der Waals surface area (Å²) in [5.41, 5.74) is 0.735. The first kappa shape index (κ1) is 20.7. The number of hydrogen-bond acceptors (Lipinski definition) is 4. The molecule has 8 nitrogen and oxygen atoms in total. The number of amides is 2. The minimum Gasteiger partial charge on any atom is -0.322 e. The number of quaternary nitrogens is 1. The van der Waals surface area contributed by atoms with E-state index in [-0.39, 0.29) is 23.9 Å². The number of rotatable bonds is 5. The molecule has 1 aromatic heterocycles. The summed E-state index contributed by atoms with van der Waals surface area (Å²) in [5, 5.41) is 3.42. The van der Waals surface area contributed by atoms with Crippen LogP contribution >= 0.6 is 0 Å². The molecule has 0 bridgehead atoms. The van der Waals surface area contributed by atoms with Crippen molar-refractivity contribution in [3.05, 3.63) is 64.7 Å². The topological polar surface area (TPSA) is 99.6 Å². The molecule has 0 saturated heterocycles. The number of aromatic nitrogens is 2. The van der Waals surface area contributed by atoms with Gasteiger partial charge in [0, 0.05) is 0 Å². The summed E-state index contributed by atoms with van der Waals surface area (Å²) in [4.78, 5) is 48.3. The second kappa shape index (κ2) is 7.96. The number of nitrogens with zero attached hydrogens (tertiary/aromatic N) is 2. The van der Waals surface area contributed by atoms with Gasteiger partial charge in [0.15, 0.2) is 12.4 Å². The van der Waals surface area contributed by atoms with Gasteiger partial charge in [-0.25, -0.2) is 4.98 Å². The fourth-order valence-corrected chi connectivity index (χ4v) is 3.96. The first-order valence-electron chi connectivity index (χ1n) is 10.4. The first-order valence-corrected chi connectivity index (χ1v) is 10.4. The largest absolute Gasteiger partial charge is 0.322 e. The Morgan fingerprint density at radius 3 is 2.58 bits per heavy atom. The molecule has 2 amide bonds. The van der Waals surface area contributed by atoms with Crippen molar-refractivity contribution in [2.24, 2.45) is 0 Å². The van der Waals surface area contributed by atoms with Gasteiger partial charge in [0.2, 0.25) is 5.91 Å². The molecule has 1 unspecified atom stereocenters. The number of benzene rings is 2. The van der Waals surface area contributed by atoms with Gasteiger partial charge >= 0.3 is 0 Å². The molecular weight excluding hydrogens is 394 g/mol. The highest BCUT2D eigenvalue weighted by molar-refractivity contribution is 6.14. The highest BCUT2D eigenvalue weighted by atomic mass is 16.2. The van der Waals surface area contributed by atoms with E-state index in [0.717, 1.165) is 4.90 Å². The van der Waals surface area contributed by atoms with Crippen molar-refractivity contribution in [1.29, 1.82) is 0 Å². The van der Waals surface area contributed by atoms with Crippen LogP contribution in [0.15, 0.2) is 53.3 Å². The van der Waals surface area contributed by atoms with Gasteiger partial charge in [0.25, 0.3) is 11.5 Å². The molecule has 0 aliphatic carbocycles. The van der Waals surface area contributed by atoms with E-state index in [1.165, 1.54) is 0 Å². The van der Waals surface area contributed by atoms with Crippen LogP contribution in [0.25, 0.3) is 10.9 Å². The Bertz CT molecular complexity index is 1220. The van der Waals surface area contributed by atoms with E-state index in [0.29, 0.717) is 41.2 Å². The van der Waals surface area contributed by atoms with Gasteiger partial charge in [-0.2, -0.15) is 0 Å². The Balaban J connectivity index is 1.60.